The van der Waals surface area contributed by atoms with Gasteiger partial charge in [-0.25, -0.2) is 17.2 Å². The number of nitrogens with one attached hydrogen (secondary N) is 1. The van der Waals surface area contributed by atoms with E-state index in [0.29, 0.717) is 17.5 Å². The second kappa shape index (κ2) is 8.34. The summed E-state index contributed by atoms with van der Waals surface area (Å²) in [5.41, 5.74) is 1.03. The first-order valence-corrected chi connectivity index (χ1v) is 9.84. The molecule has 0 unspecified atom stereocenters. The van der Waals surface area contributed by atoms with E-state index in [1.165, 1.54) is 7.11 Å². The van der Waals surface area contributed by atoms with Gasteiger partial charge in [-0.05, 0) is 36.8 Å². The molecule has 0 bridgehead atoms. The summed E-state index contributed by atoms with van der Waals surface area (Å²) in [4.78, 5) is 12.3. The van der Waals surface area contributed by atoms with E-state index >= 15 is 0 Å². The minimum Gasteiger partial charge on any atom is -0.495 e. The van der Waals surface area contributed by atoms with Crippen molar-refractivity contribution in [3.63, 3.8) is 0 Å². The van der Waals surface area contributed by atoms with E-state index in [0.717, 1.165) is 28.3 Å². The average molecular weight is 398 g/mol. The lowest BCUT2D eigenvalue weighted by Gasteiger charge is -2.22. The lowest BCUT2D eigenvalue weighted by atomic mass is 10.2. The van der Waals surface area contributed by atoms with Crippen molar-refractivity contribution >= 4 is 27.3 Å². The van der Waals surface area contributed by atoms with Crippen LogP contribution in [0.5, 0.6) is 5.75 Å². The van der Waals surface area contributed by atoms with E-state index < -0.39 is 27.6 Å². The van der Waals surface area contributed by atoms with Crippen molar-refractivity contribution in [3.05, 3.63) is 53.6 Å². The van der Waals surface area contributed by atoms with Gasteiger partial charge in [-0.2, -0.15) is 0 Å². The van der Waals surface area contributed by atoms with E-state index in [1.54, 1.807) is 12.1 Å². The van der Waals surface area contributed by atoms with Crippen molar-refractivity contribution in [3.8, 4) is 5.75 Å². The molecule has 0 aromatic heterocycles. The molecular weight excluding hydrogens is 378 g/mol. The monoisotopic (exact) mass is 398 g/mol. The summed E-state index contributed by atoms with van der Waals surface area (Å²) in [6, 6.07) is 7.79. The predicted octanol–water partition coefficient (Wildman–Crippen LogP) is 3.08. The van der Waals surface area contributed by atoms with Gasteiger partial charge in [0.25, 0.3) is 0 Å². The first kappa shape index (κ1) is 20.6. The van der Waals surface area contributed by atoms with Gasteiger partial charge in [0, 0.05) is 19.0 Å². The molecular formula is C18H20F2N2O4S. The molecule has 9 heteroatoms. The van der Waals surface area contributed by atoms with E-state index in [9.17, 15) is 22.0 Å². The summed E-state index contributed by atoms with van der Waals surface area (Å²) in [5.74, 6) is -1.87. The van der Waals surface area contributed by atoms with Gasteiger partial charge in [0.15, 0.2) is 0 Å². The number of rotatable bonds is 7. The molecule has 2 aromatic rings. The SMILES string of the molecule is COc1ccc(C)cc1NC(=O)CCN(c1ccc(F)cc1F)S(C)(=O)=O. The maximum Gasteiger partial charge on any atom is 0.232 e. The Labute approximate surface area is 156 Å². The number of benzene rings is 2. The largest absolute Gasteiger partial charge is 0.495 e. The summed E-state index contributed by atoms with van der Waals surface area (Å²) in [5, 5.41) is 2.65. The van der Waals surface area contributed by atoms with Crippen LogP contribution in [-0.2, 0) is 14.8 Å². The zero-order chi connectivity index (χ0) is 20.2. The number of halogens is 2. The Bertz CT molecular complexity index is 948. The molecule has 146 valence electrons. The highest BCUT2D eigenvalue weighted by Gasteiger charge is 2.22. The molecule has 0 atom stereocenters. The molecule has 0 aliphatic carbocycles. The van der Waals surface area contributed by atoms with Gasteiger partial charge in [0.05, 0.1) is 24.7 Å². The van der Waals surface area contributed by atoms with Crippen molar-refractivity contribution in [2.45, 2.75) is 13.3 Å². The van der Waals surface area contributed by atoms with Gasteiger partial charge in [-0.15, -0.1) is 0 Å². The first-order valence-electron chi connectivity index (χ1n) is 7.99. The van der Waals surface area contributed by atoms with E-state index in [1.807, 2.05) is 13.0 Å². The number of carbonyl (C=O) groups is 1. The van der Waals surface area contributed by atoms with Gasteiger partial charge in [0.2, 0.25) is 15.9 Å². The van der Waals surface area contributed by atoms with Crippen molar-refractivity contribution in [1.29, 1.82) is 0 Å². The standard InChI is InChI=1S/C18H20F2N2O4S/c1-12-4-7-17(26-2)15(10-12)21-18(23)8-9-22(27(3,24)25)16-6-5-13(19)11-14(16)20/h4-7,10-11H,8-9H2,1-3H3,(H,21,23). The second-order valence-electron chi connectivity index (χ2n) is 5.93. The smallest absolute Gasteiger partial charge is 0.232 e. The fourth-order valence-corrected chi connectivity index (χ4v) is 3.41. The van der Waals surface area contributed by atoms with Crippen LogP contribution < -0.4 is 14.4 Å². The van der Waals surface area contributed by atoms with Crippen LogP contribution in [0.2, 0.25) is 0 Å². The number of carbonyl (C=O) groups excluding carboxylic acids is 1. The lowest BCUT2D eigenvalue weighted by Crippen LogP contribution is -2.33. The predicted molar refractivity (Wildman–Crippen MR) is 99.5 cm³/mol. The Morgan fingerprint density at radius 1 is 1.19 bits per heavy atom. The van der Waals surface area contributed by atoms with Crippen LogP contribution in [0.25, 0.3) is 0 Å². The van der Waals surface area contributed by atoms with Crippen molar-refractivity contribution in [2.24, 2.45) is 0 Å². The number of amides is 1. The van der Waals surface area contributed by atoms with Crippen LogP contribution >= 0.6 is 0 Å². The van der Waals surface area contributed by atoms with Crippen LogP contribution in [-0.4, -0.2) is 34.2 Å². The number of methoxy groups -OCH3 is 1. The third kappa shape index (κ3) is 5.40. The number of hydrogen-bond acceptors (Lipinski definition) is 4. The topological polar surface area (TPSA) is 75.7 Å². The fraction of sp³-hybridized carbons (Fsp3) is 0.278. The highest BCUT2D eigenvalue weighted by molar-refractivity contribution is 7.92. The molecule has 2 aromatic carbocycles. The fourth-order valence-electron chi connectivity index (χ4n) is 2.48. The van der Waals surface area contributed by atoms with E-state index in [2.05, 4.69) is 5.32 Å². The number of nitrogens with zero attached hydrogens (tertiary/aromatic N) is 1. The average Bonchev–Trinajstić information content (AvgIpc) is 2.56. The first-order chi connectivity index (χ1) is 12.6. The Kier molecular flexibility index (Phi) is 6.37. The lowest BCUT2D eigenvalue weighted by molar-refractivity contribution is -0.116. The third-order valence-corrected chi connectivity index (χ3v) is 4.93. The molecule has 0 spiro atoms. The molecule has 0 saturated heterocycles. The summed E-state index contributed by atoms with van der Waals surface area (Å²) in [7, 11) is -2.41. The Morgan fingerprint density at radius 2 is 1.89 bits per heavy atom. The van der Waals surface area contributed by atoms with Crippen LogP contribution in [0.4, 0.5) is 20.2 Å². The van der Waals surface area contributed by atoms with Crippen LogP contribution in [0, 0.1) is 18.6 Å². The van der Waals surface area contributed by atoms with E-state index in [4.69, 9.17) is 4.74 Å². The maximum atomic E-state index is 14.0. The molecule has 2 rings (SSSR count). The molecule has 0 fully saturated rings. The Morgan fingerprint density at radius 3 is 2.48 bits per heavy atom. The van der Waals surface area contributed by atoms with Gasteiger partial charge in [-0.3, -0.25) is 9.10 Å². The van der Waals surface area contributed by atoms with Gasteiger partial charge in [0.1, 0.15) is 17.4 Å². The van der Waals surface area contributed by atoms with Crippen LogP contribution in [0.3, 0.4) is 0 Å². The molecule has 0 aliphatic heterocycles. The van der Waals surface area contributed by atoms with Gasteiger partial charge < -0.3 is 10.1 Å². The Balaban J connectivity index is 2.16. The van der Waals surface area contributed by atoms with Crippen molar-refractivity contribution < 1.29 is 26.7 Å². The van der Waals surface area contributed by atoms with Crippen LogP contribution in [0.1, 0.15) is 12.0 Å². The summed E-state index contributed by atoms with van der Waals surface area (Å²) in [6.07, 6.45) is 0.651. The molecule has 0 aliphatic rings. The minimum absolute atomic E-state index is 0.235. The number of ether oxygens (including phenoxy) is 1. The zero-order valence-electron chi connectivity index (χ0n) is 15.1. The molecule has 1 N–H and O–H groups in total. The quantitative estimate of drug-likeness (QED) is 0.778. The maximum absolute atomic E-state index is 14.0. The van der Waals surface area contributed by atoms with Gasteiger partial charge >= 0.3 is 0 Å². The minimum atomic E-state index is -3.88. The Hall–Kier alpha value is -2.68. The van der Waals surface area contributed by atoms with Crippen LogP contribution in [0.15, 0.2) is 36.4 Å². The van der Waals surface area contributed by atoms with Crippen molar-refractivity contribution in [2.75, 3.05) is 29.5 Å². The molecule has 0 heterocycles. The normalized spacial score (nSPS) is 11.1. The number of aryl methyl sites for hydroxylation is 1. The highest BCUT2D eigenvalue weighted by Crippen LogP contribution is 2.26. The summed E-state index contributed by atoms with van der Waals surface area (Å²) in [6.45, 7) is 1.54. The van der Waals surface area contributed by atoms with E-state index in [-0.39, 0.29) is 18.7 Å². The molecule has 27 heavy (non-hydrogen) atoms. The second-order valence-corrected chi connectivity index (χ2v) is 7.84. The number of anilines is 2. The summed E-state index contributed by atoms with van der Waals surface area (Å²) < 4.78 is 57.0. The van der Waals surface area contributed by atoms with Crippen molar-refractivity contribution in [1.82, 2.24) is 0 Å². The van der Waals surface area contributed by atoms with Gasteiger partial charge in [-0.1, -0.05) is 6.07 Å². The third-order valence-electron chi connectivity index (χ3n) is 3.75. The number of sulfonamides is 1. The zero-order valence-corrected chi connectivity index (χ0v) is 15.9. The number of hydrogen-bond donors (Lipinski definition) is 1. The molecule has 0 saturated carbocycles. The highest BCUT2D eigenvalue weighted by atomic mass is 32.2. The molecule has 1 amide bonds. The molecule has 0 radical (unpaired) electrons. The summed E-state index contributed by atoms with van der Waals surface area (Å²) >= 11 is 0. The molecule has 6 nitrogen and oxygen atoms in total.